The van der Waals surface area contributed by atoms with E-state index in [1.54, 1.807) is 13.8 Å². The van der Waals surface area contributed by atoms with Gasteiger partial charge in [-0.2, -0.15) is 0 Å². The highest BCUT2D eigenvalue weighted by Gasteiger charge is 2.32. The van der Waals surface area contributed by atoms with E-state index in [1.165, 1.54) is 37.4 Å². The van der Waals surface area contributed by atoms with Gasteiger partial charge >= 0.3 is 6.36 Å². The van der Waals surface area contributed by atoms with E-state index in [2.05, 4.69) is 14.8 Å². The lowest BCUT2D eigenvalue weighted by Gasteiger charge is -2.15. The quantitative estimate of drug-likeness (QED) is 0.758. The Labute approximate surface area is 160 Å². The number of para-hydroxylation sites is 1. The van der Waals surface area contributed by atoms with Crippen molar-refractivity contribution in [3.05, 3.63) is 58.7 Å². The minimum absolute atomic E-state index is 0.0408. The summed E-state index contributed by atoms with van der Waals surface area (Å²) >= 11 is 0. The van der Waals surface area contributed by atoms with Gasteiger partial charge in [0.1, 0.15) is 5.75 Å². The summed E-state index contributed by atoms with van der Waals surface area (Å²) < 4.78 is 67.9. The number of rotatable bonds is 6. The van der Waals surface area contributed by atoms with Crippen molar-refractivity contribution in [2.24, 2.45) is 0 Å². The third-order valence-electron chi connectivity index (χ3n) is 4.08. The van der Waals surface area contributed by atoms with Crippen molar-refractivity contribution < 1.29 is 31.1 Å². The van der Waals surface area contributed by atoms with Crippen molar-refractivity contribution in [1.82, 2.24) is 10.0 Å². The molecular formula is C18H19F3N2O4S. The van der Waals surface area contributed by atoms with Crippen molar-refractivity contribution >= 4 is 15.9 Å². The van der Waals surface area contributed by atoms with E-state index in [9.17, 15) is 26.4 Å². The van der Waals surface area contributed by atoms with E-state index < -0.39 is 28.0 Å². The van der Waals surface area contributed by atoms with Gasteiger partial charge in [0.2, 0.25) is 10.0 Å². The summed E-state index contributed by atoms with van der Waals surface area (Å²) in [6, 6.07) is 8.16. The largest absolute Gasteiger partial charge is 0.573 e. The molecule has 0 fully saturated rings. The molecule has 10 heteroatoms. The molecule has 2 rings (SSSR count). The van der Waals surface area contributed by atoms with Crippen LogP contribution in [0.4, 0.5) is 13.2 Å². The molecule has 0 saturated heterocycles. The number of ether oxygens (including phenoxy) is 1. The number of nitrogens with one attached hydrogen (secondary N) is 2. The molecule has 0 aliphatic heterocycles. The van der Waals surface area contributed by atoms with Crippen LogP contribution in [0.1, 0.15) is 27.0 Å². The Morgan fingerprint density at radius 2 is 1.79 bits per heavy atom. The molecule has 0 aliphatic rings. The second-order valence-electron chi connectivity index (χ2n) is 5.96. The molecule has 0 aromatic heterocycles. The van der Waals surface area contributed by atoms with Crippen molar-refractivity contribution in [2.75, 3.05) is 7.05 Å². The molecule has 0 spiro atoms. The molecule has 0 aliphatic carbocycles. The molecule has 6 nitrogen and oxygen atoms in total. The maximum absolute atomic E-state index is 12.5. The van der Waals surface area contributed by atoms with Crippen molar-refractivity contribution in [2.45, 2.75) is 31.7 Å². The topological polar surface area (TPSA) is 84.5 Å². The summed E-state index contributed by atoms with van der Waals surface area (Å²) in [5.41, 5.74) is 1.28. The number of amides is 1. The summed E-state index contributed by atoms with van der Waals surface area (Å²) in [6.45, 7) is 3.05. The monoisotopic (exact) mass is 416 g/mol. The minimum Gasteiger partial charge on any atom is -0.405 e. The van der Waals surface area contributed by atoms with Crippen LogP contribution >= 0.6 is 0 Å². The van der Waals surface area contributed by atoms with Crippen LogP contribution in [-0.4, -0.2) is 27.7 Å². The second-order valence-corrected chi connectivity index (χ2v) is 7.82. The molecule has 0 atom stereocenters. The maximum Gasteiger partial charge on any atom is 0.573 e. The Morgan fingerprint density at radius 3 is 2.39 bits per heavy atom. The molecule has 2 aromatic rings. The number of halogens is 3. The number of alkyl halides is 3. The lowest BCUT2D eigenvalue weighted by molar-refractivity contribution is -0.274. The van der Waals surface area contributed by atoms with Gasteiger partial charge in [-0.3, -0.25) is 4.79 Å². The Bertz CT molecular complexity index is 989. The number of hydrogen-bond donors (Lipinski definition) is 2. The van der Waals surface area contributed by atoms with Gasteiger partial charge in [-0.1, -0.05) is 18.2 Å². The predicted octanol–water partition coefficient (Wildman–Crippen LogP) is 3.04. The Balaban J connectivity index is 2.26. The summed E-state index contributed by atoms with van der Waals surface area (Å²) in [5.74, 6) is -1.05. The zero-order chi connectivity index (χ0) is 21.1. The van der Waals surface area contributed by atoms with Crippen LogP contribution in [0.2, 0.25) is 0 Å². The molecule has 0 unspecified atom stereocenters. The average molecular weight is 416 g/mol. The normalized spacial score (nSPS) is 11.9. The molecular weight excluding hydrogens is 397 g/mol. The van der Waals surface area contributed by atoms with E-state index in [0.29, 0.717) is 11.1 Å². The molecule has 0 bridgehead atoms. The van der Waals surface area contributed by atoms with Crippen LogP contribution in [0.5, 0.6) is 5.75 Å². The zero-order valence-electron chi connectivity index (χ0n) is 15.3. The number of carbonyl (C=O) groups is 1. The fourth-order valence-corrected chi connectivity index (χ4v) is 3.56. The smallest absolute Gasteiger partial charge is 0.405 e. The molecule has 2 N–H and O–H groups in total. The van der Waals surface area contributed by atoms with Gasteiger partial charge in [-0.05, 0) is 50.2 Å². The molecule has 0 heterocycles. The van der Waals surface area contributed by atoms with Crippen LogP contribution in [0.15, 0.2) is 41.3 Å². The summed E-state index contributed by atoms with van der Waals surface area (Å²) in [4.78, 5) is 12.4. The highest BCUT2D eigenvalue weighted by molar-refractivity contribution is 7.89. The molecule has 1 amide bonds. The zero-order valence-corrected chi connectivity index (χ0v) is 16.2. The first kappa shape index (κ1) is 21.7. The van der Waals surface area contributed by atoms with E-state index in [0.717, 1.165) is 6.07 Å². The molecule has 0 saturated carbocycles. The van der Waals surface area contributed by atoms with Gasteiger partial charge in [0.05, 0.1) is 4.90 Å². The fourth-order valence-electron chi connectivity index (χ4n) is 2.50. The second kappa shape index (κ2) is 8.19. The van der Waals surface area contributed by atoms with E-state index >= 15 is 0 Å². The third-order valence-corrected chi connectivity index (χ3v) is 5.62. The summed E-state index contributed by atoms with van der Waals surface area (Å²) in [7, 11) is -2.52. The van der Waals surface area contributed by atoms with Crippen LogP contribution in [0.3, 0.4) is 0 Å². The van der Waals surface area contributed by atoms with Crippen LogP contribution in [0, 0.1) is 13.8 Å². The summed E-state index contributed by atoms with van der Waals surface area (Å²) in [5, 5.41) is 2.48. The lowest BCUT2D eigenvalue weighted by atomic mass is 10.1. The number of carbonyl (C=O) groups excluding carboxylic acids is 1. The Morgan fingerprint density at radius 1 is 1.14 bits per heavy atom. The van der Waals surface area contributed by atoms with Crippen LogP contribution in [-0.2, 0) is 16.6 Å². The number of aryl methyl sites for hydroxylation is 1. The van der Waals surface area contributed by atoms with E-state index in [1.807, 2.05) is 0 Å². The van der Waals surface area contributed by atoms with E-state index in [4.69, 9.17) is 0 Å². The maximum atomic E-state index is 12.5. The fraction of sp³-hybridized carbons (Fsp3) is 0.278. The molecule has 152 valence electrons. The first-order valence-electron chi connectivity index (χ1n) is 8.11. The standard InChI is InChI=1S/C18H19F3N2O4S/c1-11-8-14(9-16(12(11)2)28(25,26)22-3)17(24)23-10-13-6-4-5-7-15(13)27-18(19,20)21/h4-9,22H,10H2,1-3H3,(H,23,24). The predicted molar refractivity (Wildman–Crippen MR) is 96.5 cm³/mol. The van der Waals surface area contributed by atoms with Crippen molar-refractivity contribution in [3.63, 3.8) is 0 Å². The van der Waals surface area contributed by atoms with Gasteiger partial charge < -0.3 is 10.1 Å². The Kier molecular flexibility index (Phi) is 6.35. The average Bonchev–Trinajstić information content (AvgIpc) is 2.61. The van der Waals surface area contributed by atoms with Crippen LogP contribution < -0.4 is 14.8 Å². The highest BCUT2D eigenvalue weighted by atomic mass is 32.2. The van der Waals surface area contributed by atoms with Crippen molar-refractivity contribution in [3.8, 4) is 5.75 Å². The first-order chi connectivity index (χ1) is 12.9. The molecule has 28 heavy (non-hydrogen) atoms. The summed E-state index contributed by atoms with van der Waals surface area (Å²) in [6.07, 6.45) is -4.86. The van der Waals surface area contributed by atoms with Gasteiger partial charge in [0, 0.05) is 17.7 Å². The highest BCUT2D eigenvalue weighted by Crippen LogP contribution is 2.26. The number of benzene rings is 2. The molecule has 2 aromatic carbocycles. The van der Waals surface area contributed by atoms with Gasteiger partial charge in [-0.25, -0.2) is 13.1 Å². The van der Waals surface area contributed by atoms with Crippen LogP contribution in [0.25, 0.3) is 0 Å². The SMILES string of the molecule is CNS(=O)(=O)c1cc(C(=O)NCc2ccccc2OC(F)(F)F)cc(C)c1C. The van der Waals surface area contributed by atoms with Gasteiger partial charge in [-0.15, -0.1) is 13.2 Å². The number of sulfonamides is 1. The van der Waals surface area contributed by atoms with Gasteiger partial charge in [0.25, 0.3) is 5.91 Å². The van der Waals surface area contributed by atoms with E-state index in [-0.39, 0.29) is 22.6 Å². The number of hydrogen-bond acceptors (Lipinski definition) is 4. The Hall–Kier alpha value is -2.59. The first-order valence-corrected chi connectivity index (χ1v) is 9.59. The van der Waals surface area contributed by atoms with Gasteiger partial charge in [0.15, 0.2) is 0 Å². The van der Waals surface area contributed by atoms with Crippen molar-refractivity contribution in [1.29, 1.82) is 0 Å². The lowest BCUT2D eigenvalue weighted by Crippen LogP contribution is -2.26. The minimum atomic E-state index is -4.86. The third kappa shape index (κ3) is 5.23. The molecule has 0 radical (unpaired) electrons.